The maximum Gasteiger partial charge on any atom is 0.300 e. The zero-order valence-corrected chi connectivity index (χ0v) is 20.8. The molecule has 1 unspecified atom stereocenters. The molecule has 1 atom stereocenters. The number of nitrogens with zero attached hydrogens (tertiary/aromatic N) is 2. The van der Waals surface area contributed by atoms with Crippen molar-refractivity contribution in [2.45, 2.75) is 25.8 Å². The van der Waals surface area contributed by atoms with Gasteiger partial charge in [0.15, 0.2) is 0 Å². The number of carbonyl (C=O) groups excluding carboxylic acids is 2. The molecule has 1 amide bonds. The van der Waals surface area contributed by atoms with E-state index in [0.717, 1.165) is 41.7 Å². The van der Waals surface area contributed by atoms with Crippen LogP contribution in [0.2, 0.25) is 0 Å². The number of aliphatic hydroxyl groups is 1. The molecule has 6 nitrogen and oxygen atoms in total. The van der Waals surface area contributed by atoms with Gasteiger partial charge in [-0.05, 0) is 79.4 Å². The number of halogens is 1. The molecular formula is C28H25BrN2O4. The van der Waals surface area contributed by atoms with Crippen LogP contribution in [-0.4, -0.2) is 35.0 Å². The molecule has 35 heavy (non-hydrogen) atoms. The minimum Gasteiger partial charge on any atom is -0.508 e. The van der Waals surface area contributed by atoms with Crippen molar-refractivity contribution in [2.24, 2.45) is 0 Å². The Morgan fingerprint density at radius 2 is 1.54 bits per heavy atom. The first-order valence-electron chi connectivity index (χ1n) is 11.6. The SMILES string of the molecule is Cc1cc(/C(O)=C2/C(=O)C(=O)N(c3ccc(N4CCCC4)cc3)C2c2ccc(O)cc2)ccc1Br. The van der Waals surface area contributed by atoms with Crippen LogP contribution in [0.1, 0.15) is 35.6 Å². The second-order valence-corrected chi connectivity index (χ2v) is 9.79. The number of rotatable bonds is 4. The predicted molar refractivity (Wildman–Crippen MR) is 140 cm³/mol. The second kappa shape index (κ2) is 9.23. The lowest BCUT2D eigenvalue weighted by Crippen LogP contribution is -2.29. The van der Waals surface area contributed by atoms with Crippen molar-refractivity contribution >= 4 is 44.8 Å². The number of phenolic OH excluding ortho intramolecular Hbond substituents is 1. The molecule has 3 aromatic rings. The van der Waals surface area contributed by atoms with Gasteiger partial charge in [0.1, 0.15) is 11.5 Å². The van der Waals surface area contributed by atoms with Crippen molar-refractivity contribution in [1.29, 1.82) is 0 Å². The summed E-state index contributed by atoms with van der Waals surface area (Å²) in [6, 6.07) is 18.4. The van der Waals surface area contributed by atoms with Gasteiger partial charge in [0, 0.05) is 34.5 Å². The van der Waals surface area contributed by atoms with E-state index in [0.29, 0.717) is 16.8 Å². The minimum absolute atomic E-state index is 0.0195. The summed E-state index contributed by atoms with van der Waals surface area (Å²) in [5, 5.41) is 21.1. The molecule has 2 fully saturated rings. The number of phenols is 1. The van der Waals surface area contributed by atoms with Crippen molar-refractivity contribution in [2.75, 3.05) is 22.9 Å². The Hall–Kier alpha value is -3.58. The Morgan fingerprint density at radius 1 is 0.914 bits per heavy atom. The second-order valence-electron chi connectivity index (χ2n) is 8.94. The summed E-state index contributed by atoms with van der Waals surface area (Å²) in [4.78, 5) is 30.4. The number of benzene rings is 3. The molecule has 2 N–H and O–H groups in total. The van der Waals surface area contributed by atoms with E-state index in [1.807, 2.05) is 31.2 Å². The molecule has 2 aliphatic rings. The number of carbonyl (C=O) groups is 2. The third-order valence-corrected chi connectivity index (χ3v) is 7.57. The fourth-order valence-electron chi connectivity index (χ4n) is 4.82. The predicted octanol–water partition coefficient (Wildman–Crippen LogP) is 5.69. The zero-order chi connectivity index (χ0) is 24.7. The highest BCUT2D eigenvalue weighted by molar-refractivity contribution is 9.10. The van der Waals surface area contributed by atoms with Gasteiger partial charge in [-0.15, -0.1) is 0 Å². The maximum absolute atomic E-state index is 13.3. The summed E-state index contributed by atoms with van der Waals surface area (Å²) in [7, 11) is 0. The molecule has 7 heteroatoms. The summed E-state index contributed by atoms with van der Waals surface area (Å²) < 4.78 is 0.877. The Kier molecular flexibility index (Phi) is 6.11. The van der Waals surface area contributed by atoms with Gasteiger partial charge >= 0.3 is 0 Å². The summed E-state index contributed by atoms with van der Waals surface area (Å²) in [6.45, 7) is 3.90. The van der Waals surface area contributed by atoms with Crippen LogP contribution in [0.5, 0.6) is 5.75 Å². The number of amides is 1. The van der Waals surface area contributed by atoms with Crippen molar-refractivity contribution in [1.82, 2.24) is 0 Å². The molecule has 0 saturated carbocycles. The first kappa shape index (κ1) is 23.2. The lowest BCUT2D eigenvalue weighted by Gasteiger charge is -2.26. The van der Waals surface area contributed by atoms with Crippen molar-refractivity contribution in [3.05, 3.63) is 93.5 Å². The van der Waals surface area contributed by atoms with E-state index in [1.165, 1.54) is 17.0 Å². The molecule has 2 saturated heterocycles. The van der Waals surface area contributed by atoms with Gasteiger partial charge in [0.2, 0.25) is 0 Å². The molecule has 0 radical (unpaired) electrons. The highest BCUT2D eigenvalue weighted by atomic mass is 79.9. The quantitative estimate of drug-likeness (QED) is 0.256. The van der Waals surface area contributed by atoms with Crippen LogP contribution in [0.3, 0.4) is 0 Å². The van der Waals surface area contributed by atoms with Crippen LogP contribution in [-0.2, 0) is 9.59 Å². The van der Waals surface area contributed by atoms with E-state index in [-0.39, 0.29) is 17.1 Å². The Labute approximate surface area is 212 Å². The number of ketones is 1. The molecule has 0 aromatic heterocycles. The Balaban J connectivity index is 1.63. The normalized spacial score (nSPS) is 19.5. The minimum atomic E-state index is -0.836. The van der Waals surface area contributed by atoms with E-state index < -0.39 is 17.7 Å². The molecular weight excluding hydrogens is 508 g/mol. The number of hydrogen-bond acceptors (Lipinski definition) is 5. The van der Waals surface area contributed by atoms with Crippen LogP contribution in [0, 0.1) is 6.92 Å². The molecule has 0 spiro atoms. The number of hydrogen-bond donors (Lipinski definition) is 2. The van der Waals surface area contributed by atoms with E-state index in [4.69, 9.17) is 0 Å². The maximum atomic E-state index is 13.3. The van der Waals surface area contributed by atoms with Gasteiger partial charge in [-0.25, -0.2) is 0 Å². The van der Waals surface area contributed by atoms with Gasteiger partial charge in [-0.3, -0.25) is 14.5 Å². The fourth-order valence-corrected chi connectivity index (χ4v) is 5.06. The van der Waals surface area contributed by atoms with E-state index in [9.17, 15) is 19.8 Å². The van der Waals surface area contributed by atoms with Gasteiger partial charge in [-0.1, -0.05) is 34.1 Å². The third kappa shape index (κ3) is 4.21. The Morgan fingerprint density at radius 3 is 2.17 bits per heavy atom. The first-order chi connectivity index (χ1) is 16.8. The summed E-state index contributed by atoms with van der Waals surface area (Å²) in [6.07, 6.45) is 2.32. The molecule has 5 rings (SSSR count). The number of anilines is 2. The van der Waals surface area contributed by atoms with E-state index in [2.05, 4.69) is 20.8 Å². The monoisotopic (exact) mass is 532 g/mol. The molecule has 178 valence electrons. The summed E-state index contributed by atoms with van der Waals surface area (Å²) in [5.41, 5.74) is 3.62. The van der Waals surface area contributed by atoms with Gasteiger partial charge in [0.25, 0.3) is 11.7 Å². The average Bonchev–Trinajstić information content (AvgIpc) is 3.48. The molecule has 2 aliphatic heterocycles. The van der Waals surface area contributed by atoms with Gasteiger partial charge < -0.3 is 15.1 Å². The summed E-state index contributed by atoms with van der Waals surface area (Å²) >= 11 is 3.45. The fraction of sp³-hybridized carbons (Fsp3) is 0.214. The van der Waals surface area contributed by atoms with Crippen LogP contribution < -0.4 is 9.80 Å². The van der Waals surface area contributed by atoms with Crippen LogP contribution in [0.15, 0.2) is 76.8 Å². The van der Waals surface area contributed by atoms with Crippen molar-refractivity contribution in [3.8, 4) is 5.75 Å². The van der Waals surface area contributed by atoms with Crippen LogP contribution >= 0.6 is 15.9 Å². The first-order valence-corrected chi connectivity index (χ1v) is 12.4. The number of aromatic hydroxyl groups is 1. The van der Waals surface area contributed by atoms with Gasteiger partial charge in [-0.2, -0.15) is 0 Å². The standard InChI is InChI=1S/C28H25BrN2O4/c1-17-16-19(6-13-23(17)29)26(33)24-25(18-4-11-22(32)12-5-18)31(28(35)27(24)34)21-9-7-20(8-10-21)30-14-2-3-15-30/h4-13,16,25,32-33H,2-3,14-15H2,1H3/b26-24-. The topological polar surface area (TPSA) is 81.1 Å². The van der Waals surface area contributed by atoms with E-state index in [1.54, 1.807) is 30.3 Å². The molecule has 0 bridgehead atoms. The molecule has 3 aromatic carbocycles. The van der Waals surface area contributed by atoms with Crippen LogP contribution in [0.4, 0.5) is 11.4 Å². The highest BCUT2D eigenvalue weighted by Gasteiger charge is 2.47. The van der Waals surface area contributed by atoms with Crippen LogP contribution in [0.25, 0.3) is 5.76 Å². The molecule has 0 aliphatic carbocycles. The molecule has 2 heterocycles. The smallest absolute Gasteiger partial charge is 0.300 e. The van der Waals surface area contributed by atoms with E-state index >= 15 is 0 Å². The zero-order valence-electron chi connectivity index (χ0n) is 19.2. The Bertz CT molecular complexity index is 1330. The number of aryl methyl sites for hydroxylation is 1. The third-order valence-electron chi connectivity index (χ3n) is 6.68. The van der Waals surface area contributed by atoms with Crippen molar-refractivity contribution in [3.63, 3.8) is 0 Å². The summed E-state index contributed by atoms with van der Waals surface area (Å²) in [5.74, 6) is -1.60. The number of aliphatic hydroxyl groups excluding tert-OH is 1. The lowest BCUT2D eigenvalue weighted by molar-refractivity contribution is -0.132. The highest BCUT2D eigenvalue weighted by Crippen LogP contribution is 2.43. The lowest BCUT2D eigenvalue weighted by atomic mass is 9.94. The van der Waals surface area contributed by atoms with Gasteiger partial charge in [0.05, 0.1) is 11.6 Å². The number of Topliss-reactive ketones (excluding diaryl/α,β-unsaturated/α-hetero) is 1. The van der Waals surface area contributed by atoms with Crippen molar-refractivity contribution < 1.29 is 19.8 Å². The largest absolute Gasteiger partial charge is 0.508 e. The average molecular weight is 533 g/mol.